The van der Waals surface area contributed by atoms with Gasteiger partial charge in [-0.05, 0) is 13.2 Å². The van der Waals surface area contributed by atoms with E-state index in [9.17, 15) is 4.79 Å². The molecular weight excluding hydrogens is 270 g/mol. The van der Waals surface area contributed by atoms with Gasteiger partial charge in [0, 0.05) is 18.5 Å². The zero-order valence-electron chi connectivity index (χ0n) is 10.3. The lowest BCUT2D eigenvalue weighted by atomic mass is 10.2. The maximum absolute atomic E-state index is 12.2. The highest BCUT2D eigenvalue weighted by Crippen LogP contribution is 2.23. The summed E-state index contributed by atoms with van der Waals surface area (Å²) in [5.41, 5.74) is 1.20. The van der Waals surface area contributed by atoms with Crippen LogP contribution in [0.25, 0.3) is 0 Å². The van der Waals surface area contributed by atoms with Gasteiger partial charge in [-0.25, -0.2) is 4.98 Å². The number of hydrogen-bond acceptors (Lipinski definition) is 6. The van der Waals surface area contributed by atoms with Crippen molar-refractivity contribution in [1.29, 1.82) is 0 Å². The number of carbonyl (C=O) groups excluding carboxylic acids is 1. The van der Waals surface area contributed by atoms with E-state index in [1.807, 2.05) is 13.2 Å². The number of amides is 1. The van der Waals surface area contributed by atoms with Crippen LogP contribution in [0.1, 0.15) is 29.1 Å². The van der Waals surface area contributed by atoms with Crippen LogP contribution in [0, 0.1) is 0 Å². The topological polar surface area (TPSA) is 59.2 Å². The number of hydrogen-bond donors (Lipinski definition) is 0. The lowest BCUT2D eigenvalue weighted by Crippen LogP contribution is -2.30. The quantitative estimate of drug-likeness (QED) is 0.807. The molecule has 7 heteroatoms. The molecule has 0 aliphatic heterocycles. The molecule has 18 heavy (non-hydrogen) atoms. The number of thiazole rings is 1. The molecule has 0 aliphatic carbocycles. The largest absolute Gasteiger partial charge is 0.364 e. The summed E-state index contributed by atoms with van der Waals surface area (Å²) in [6.45, 7) is 1.90. The molecule has 0 aromatic carbocycles. The van der Waals surface area contributed by atoms with E-state index in [2.05, 4.69) is 10.1 Å². The molecule has 2 aromatic rings. The summed E-state index contributed by atoms with van der Waals surface area (Å²) in [4.78, 5) is 18.1. The van der Waals surface area contributed by atoms with Crippen molar-refractivity contribution in [2.75, 3.05) is 13.3 Å². The third-order valence-electron chi connectivity index (χ3n) is 2.66. The summed E-state index contributed by atoms with van der Waals surface area (Å²) in [5, 5.41) is 5.62. The smallest absolute Gasteiger partial charge is 0.273 e. The lowest BCUT2D eigenvalue weighted by molar-refractivity contribution is 0.0732. The second kappa shape index (κ2) is 5.53. The van der Waals surface area contributed by atoms with Crippen LogP contribution in [0.2, 0.25) is 0 Å². The number of thioether (sulfide) groups is 1. The van der Waals surface area contributed by atoms with Crippen LogP contribution in [0.3, 0.4) is 0 Å². The van der Waals surface area contributed by atoms with Crippen LogP contribution in [0.4, 0.5) is 0 Å². The summed E-state index contributed by atoms with van der Waals surface area (Å²) in [6, 6.07) is 1.61. The highest BCUT2D eigenvalue weighted by molar-refractivity contribution is 8.00. The van der Waals surface area contributed by atoms with Crippen LogP contribution >= 0.6 is 23.1 Å². The third-order valence-corrected chi connectivity index (χ3v) is 4.53. The Labute approximate surface area is 113 Å². The van der Waals surface area contributed by atoms with Crippen LogP contribution in [-0.2, 0) is 0 Å². The SMILES string of the molecule is CSc1nc(C(=O)N(C)[C@@H](C)c2ccon2)cs1. The van der Waals surface area contributed by atoms with Gasteiger partial charge in [0.25, 0.3) is 5.91 Å². The normalized spacial score (nSPS) is 12.4. The van der Waals surface area contributed by atoms with Crippen LogP contribution < -0.4 is 0 Å². The molecule has 2 rings (SSSR count). The second-order valence-corrected chi connectivity index (χ2v) is 5.63. The number of aromatic nitrogens is 2. The Morgan fingerprint density at radius 3 is 2.94 bits per heavy atom. The predicted molar refractivity (Wildman–Crippen MR) is 70.9 cm³/mol. The molecule has 0 aliphatic rings. The molecule has 0 unspecified atom stereocenters. The molecule has 1 atom stereocenters. The van der Waals surface area contributed by atoms with Crippen molar-refractivity contribution in [3.63, 3.8) is 0 Å². The van der Waals surface area contributed by atoms with Gasteiger partial charge in [0.15, 0.2) is 0 Å². The molecule has 0 radical (unpaired) electrons. The van der Waals surface area contributed by atoms with E-state index in [1.165, 1.54) is 29.4 Å². The summed E-state index contributed by atoms with van der Waals surface area (Å²) < 4.78 is 5.68. The Hall–Kier alpha value is -1.34. The van der Waals surface area contributed by atoms with Gasteiger partial charge in [-0.2, -0.15) is 0 Å². The molecule has 0 spiro atoms. The minimum atomic E-state index is -0.143. The van der Waals surface area contributed by atoms with E-state index in [1.54, 1.807) is 23.4 Å². The molecule has 0 N–H and O–H groups in total. The maximum atomic E-state index is 12.2. The van der Waals surface area contributed by atoms with Crippen molar-refractivity contribution in [3.05, 3.63) is 29.1 Å². The maximum Gasteiger partial charge on any atom is 0.273 e. The summed E-state index contributed by atoms with van der Waals surface area (Å²) >= 11 is 3.01. The first-order valence-corrected chi connectivity index (χ1v) is 7.41. The Morgan fingerprint density at radius 1 is 1.61 bits per heavy atom. The Balaban J connectivity index is 2.13. The zero-order chi connectivity index (χ0) is 13.1. The molecule has 0 bridgehead atoms. The minimum absolute atomic E-state index is 0.109. The fraction of sp³-hybridized carbons (Fsp3) is 0.364. The summed E-state index contributed by atoms with van der Waals surface area (Å²) in [7, 11) is 1.74. The fourth-order valence-corrected chi connectivity index (χ4v) is 2.68. The molecule has 0 saturated carbocycles. The number of carbonyl (C=O) groups is 1. The highest BCUT2D eigenvalue weighted by atomic mass is 32.2. The molecular formula is C11H13N3O2S2. The van der Waals surface area contributed by atoms with Gasteiger partial charge in [-0.15, -0.1) is 11.3 Å². The Kier molecular flexibility index (Phi) is 4.03. The van der Waals surface area contributed by atoms with Crippen molar-refractivity contribution in [2.24, 2.45) is 0 Å². The van der Waals surface area contributed by atoms with Crippen molar-refractivity contribution >= 4 is 29.0 Å². The van der Waals surface area contributed by atoms with Crippen molar-refractivity contribution < 1.29 is 9.32 Å². The predicted octanol–water partition coefficient (Wildman–Crippen LogP) is 2.69. The Morgan fingerprint density at radius 2 is 2.39 bits per heavy atom. The number of rotatable bonds is 4. The van der Waals surface area contributed by atoms with Gasteiger partial charge in [-0.3, -0.25) is 4.79 Å². The van der Waals surface area contributed by atoms with E-state index in [-0.39, 0.29) is 11.9 Å². The van der Waals surface area contributed by atoms with Gasteiger partial charge in [-0.1, -0.05) is 16.9 Å². The highest BCUT2D eigenvalue weighted by Gasteiger charge is 2.22. The van der Waals surface area contributed by atoms with E-state index in [4.69, 9.17) is 4.52 Å². The lowest BCUT2D eigenvalue weighted by Gasteiger charge is -2.22. The van der Waals surface area contributed by atoms with E-state index in [0.717, 1.165) is 10.0 Å². The first kappa shape index (κ1) is 13.1. The molecule has 96 valence electrons. The Bertz CT molecular complexity index is 524. The first-order chi connectivity index (χ1) is 8.63. The standard InChI is InChI=1S/C11H13N3O2S2/c1-7(8-4-5-16-13-8)14(2)10(15)9-6-18-11(12-9)17-3/h4-7H,1-3H3/t7-/m0/s1. The fourth-order valence-electron chi connectivity index (χ4n) is 1.44. The van der Waals surface area contributed by atoms with Crippen LogP contribution in [0.5, 0.6) is 0 Å². The summed E-state index contributed by atoms with van der Waals surface area (Å²) in [5.74, 6) is -0.109. The molecule has 5 nitrogen and oxygen atoms in total. The molecule has 2 aromatic heterocycles. The minimum Gasteiger partial charge on any atom is -0.364 e. The first-order valence-electron chi connectivity index (χ1n) is 5.30. The second-order valence-electron chi connectivity index (χ2n) is 3.72. The number of nitrogens with zero attached hydrogens (tertiary/aromatic N) is 3. The molecule has 0 saturated heterocycles. The molecule has 2 heterocycles. The van der Waals surface area contributed by atoms with Gasteiger partial charge < -0.3 is 9.42 Å². The van der Waals surface area contributed by atoms with Crippen LogP contribution in [-0.4, -0.2) is 34.3 Å². The average Bonchev–Trinajstić information content (AvgIpc) is 3.06. The van der Waals surface area contributed by atoms with Crippen molar-refractivity contribution in [3.8, 4) is 0 Å². The summed E-state index contributed by atoms with van der Waals surface area (Å²) in [6.07, 6.45) is 3.44. The van der Waals surface area contributed by atoms with Gasteiger partial charge in [0.1, 0.15) is 22.0 Å². The average molecular weight is 283 g/mol. The van der Waals surface area contributed by atoms with E-state index >= 15 is 0 Å². The monoisotopic (exact) mass is 283 g/mol. The van der Waals surface area contributed by atoms with E-state index in [0.29, 0.717) is 5.69 Å². The zero-order valence-corrected chi connectivity index (χ0v) is 11.9. The van der Waals surface area contributed by atoms with Gasteiger partial charge >= 0.3 is 0 Å². The molecule has 1 amide bonds. The van der Waals surface area contributed by atoms with Crippen molar-refractivity contribution in [2.45, 2.75) is 17.3 Å². The third kappa shape index (κ3) is 2.56. The van der Waals surface area contributed by atoms with Gasteiger partial charge in [0.05, 0.1) is 6.04 Å². The van der Waals surface area contributed by atoms with E-state index < -0.39 is 0 Å². The van der Waals surface area contributed by atoms with Crippen LogP contribution in [0.15, 0.2) is 26.6 Å². The van der Waals surface area contributed by atoms with Crippen molar-refractivity contribution in [1.82, 2.24) is 15.0 Å². The van der Waals surface area contributed by atoms with Gasteiger partial charge in [0.2, 0.25) is 0 Å². The molecule has 0 fully saturated rings.